The smallest absolute Gasteiger partial charge is 0.198 e. The molecular weight excluding hydrogens is 519 g/mol. The van der Waals surface area contributed by atoms with Gasteiger partial charge in [0.15, 0.2) is 11.6 Å². The number of carbonyl (C=O) groups is 2. The quantitative estimate of drug-likeness (QED) is 0.125. The van der Waals surface area contributed by atoms with Gasteiger partial charge in [-0.25, -0.2) is 0 Å². The maximum Gasteiger partial charge on any atom is 0.198 e. The van der Waals surface area contributed by atoms with Crippen LogP contribution >= 0.6 is 23.1 Å². The number of rotatable bonds is 2. The Balaban J connectivity index is 1.26. The summed E-state index contributed by atoms with van der Waals surface area (Å²) in [4.78, 5) is 33.1. The van der Waals surface area contributed by atoms with Gasteiger partial charge in [-0.05, 0) is 64.0 Å². The van der Waals surface area contributed by atoms with Crippen LogP contribution < -0.4 is 4.90 Å². The Morgan fingerprint density at radius 3 is 1.59 bits per heavy atom. The van der Waals surface area contributed by atoms with Crippen LogP contribution in [0.2, 0.25) is 0 Å². The first-order chi connectivity index (χ1) is 19.2. The van der Waals surface area contributed by atoms with E-state index in [2.05, 4.69) is 59.5 Å². The fraction of sp³-hybridized carbons (Fsp3) is 0. The largest absolute Gasteiger partial charge is 0.300 e. The third-order valence-corrected chi connectivity index (χ3v) is 9.58. The monoisotopic (exact) mass is 537 g/mol. The standard InChI is InChI=1S/C34H19NO2S2/c36-33-25(34(37)32-24-12-4-2-10-22(24)21-9-1-3-11-23(21)31(32)33)19-20-17-18-30(38-20)35-26-13-5-7-15-28(26)39-29-16-8-6-14-27(29)35/h1-19H. The Kier molecular flexibility index (Phi) is 4.93. The average molecular weight is 538 g/mol. The molecule has 0 fully saturated rings. The molecule has 39 heavy (non-hydrogen) atoms. The highest BCUT2D eigenvalue weighted by Crippen LogP contribution is 2.52. The Labute approximate surface area is 233 Å². The van der Waals surface area contributed by atoms with Crippen molar-refractivity contribution in [2.45, 2.75) is 9.79 Å². The third kappa shape index (κ3) is 3.30. The lowest BCUT2D eigenvalue weighted by atomic mass is 9.93. The second kappa shape index (κ2) is 8.53. The molecule has 2 heterocycles. The van der Waals surface area contributed by atoms with Crippen LogP contribution in [0.3, 0.4) is 0 Å². The van der Waals surface area contributed by atoms with Crippen LogP contribution in [0.25, 0.3) is 27.6 Å². The van der Waals surface area contributed by atoms with E-state index in [0.717, 1.165) is 42.8 Å². The van der Waals surface area contributed by atoms with Crippen molar-refractivity contribution in [3.05, 3.63) is 131 Å². The molecule has 0 saturated heterocycles. The molecule has 0 amide bonds. The number of para-hydroxylation sites is 2. The summed E-state index contributed by atoms with van der Waals surface area (Å²) < 4.78 is 0. The lowest BCUT2D eigenvalue weighted by Gasteiger charge is -2.31. The number of fused-ring (bicyclic) bond motifs is 8. The van der Waals surface area contributed by atoms with Crippen molar-refractivity contribution in [2.75, 3.05) is 4.90 Å². The van der Waals surface area contributed by atoms with Gasteiger partial charge in [0.1, 0.15) is 5.00 Å². The number of allylic oxidation sites excluding steroid dienone is 1. The molecule has 0 spiro atoms. The van der Waals surface area contributed by atoms with Crippen molar-refractivity contribution in [2.24, 2.45) is 0 Å². The van der Waals surface area contributed by atoms with Crippen LogP contribution in [0.15, 0.2) is 125 Å². The van der Waals surface area contributed by atoms with Crippen LogP contribution in [0.1, 0.15) is 25.6 Å². The second-order valence-corrected chi connectivity index (χ2v) is 11.8. The number of thiophene rings is 1. The van der Waals surface area contributed by atoms with Gasteiger partial charge in [-0.3, -0.25) is 14.5 Å². The Morgan fingerprint density at radius 2 is 1.03 bits per heavy atom. The highest BCUT2D eigenvalue weighted by Gasteiger charge is 2.37. The number of ketones is 2. The van der Waals surface area contributed by atoms with Crippen LogP contribution in [-0.4, -0.2) is 11.6 Å². The van der Waals surface area contributed by atoms with E-state index in [9.17, 15) is 9.59 Å². The van der Waals surface area contributed by atoms with E-state index in [1.165, 1.54) is 9.79 Å². The molecule has 1 aromatic heterocycles. The minimum Gasteiger partial charge on any atom is -0.300 e. The Bertz CT molecular complexity index is 1930. The molecule has 1 aliphatic carbocycles. The summed E-state index contributed by atoms with van der Waals surface area (Å²) in [5.74, 6) is -0.395. The number of hydrogen-bond donors (Lipinski definition) is 0. The molecular formula is C34H19NO2S2. The van der Waals surface area contributed by atoms with E-state index < -0.39 is 0 Å². The van der Waals surface area contributed by atoms with Gasteiger partial charge >= 0.3 is 0 Å². The van der Waals surface area contributed by atoms with E-state index in [1.54, 1.807) is 29.2 Å². The molecule has 5 aromatic carbocycles. The van der Waals surface area contributed by atoms with Crippen molar-refractivity contribution in [3.8, 4) is 0 Å². The summed E-state index contributed by atoms with van der Waals surface area (Å²) in [6, 6.07) is 36.6. The van der Waals surface area contributed by atoms with Gasteiger partial charge in [0.25, 0.3) is 0 Å². The molecule has 184 valence electrons. The molecule has 6 aromatic rings. The third-order valence-electron chi connectivity index (χ3n) is 7.43. The molecule has 0 atom stereocenters. The fourth-order valence-corrected chi connectivity index (χ4v) is 7.78. The van der Waals surface area contributed by atoms with Crippen molar-refractivity contribution >= 4 is 78.7 Å². The van der Waals surface area contributed by atoms with Gasteiger partial charge < -0.3 is 0 Å². The number of anilines is 3. The van der Waals surface area contributed by atoms with Crippen molar-refractivity contribution in [1.82, 2.24) is 0 Å². The molecule has 0 N–H and O–H groups in total. The fourth-order valence-electron chi connectivity index (χ4n) is 5.74. The first-order valence-electron chi connectivity index (χ1n) is 12.7. The Hall–Kier alpha value is -4.45. The van der Waals surface area contributed by atoms with E-state index in [1.807, 2.05) is 54.6 Å². The minimum absolute atomic E-state index is 0.197. The lowest BCUT2D eigenvalue weighted by Crippen LogP contribution is -2.13. The normalized spacial score (nSPS) is 14.1. The summed E-state index contributed by atoms with van der Waals surface area (Å²) in [5.41, 5.74) is 3.53. The van der Waals surface area contributed by atoms with Gasteiger partial charge in [-0.15, -0.1) is 11.3 Å². The minimum atomic E-state index is -0.197. The number of carbonyl (C=O) groups excluding carboxylic acids is 2. The van der Waals surface area contributed by atoms with Crippen LogP contribution in [0.5, 0.6) is 0 Å². The molecule has 0 unspecified atom stereocenters. The Morgan fingerprint density at radius 1 is 0.538 bits per heavy atom. The lowest BCUT2D eigenvalue weighted by molar-refractivity contribution is 0.0991. The number of benzene rings is 5. The average Bonchev–Trinajstić information content (AvgIpc) is 3.54. The zero-order valence-electron chi connectivity index (χ0n) is 20.5. The van der Waals surface area contributed by atoms with Crippen molar-refractivity contribution in [1.29, 1.82) is 0 Å². The van der Waals surface area contributed by atoms with Crippen molar-refractivity contribution < 1.29 is 9.59 Å². The van der Waals surface area contributed by atoms with Crippen LogP contribution in [-0.2, 0) is 0 Å². The van der Waals surface area contributed by atoms with Crippen LogP contribution in [0, 0.1) is 0 Å². The van der Waals surface area contributed by atoms with Crippen molar-refractivity contribution in [3.63, 3.8) is 0 Å². The summed E-state index contributed by atoms with van der Waals surface area (Å²) in [7, 11) is 0. The zero-order chi connectivity index (χ0) is 26.1. The molecule has 0 saturated carbocycles. The molecule has 5 heteroatoms. The maximum atomic E-state index is 13.8. The topological polar surface area (TPSA) is 37.4 Å². The highest BCUT2D eigenvalue weighted by molar-refractivity contribution is 7.99. The molecule has 2 aliphatic rings. The van der Waals surface area contributed by atoms with E-state index in [-0.39, 0.29) is 17.1 Å². The molecule has 8 rings (SSSR count). The first-order valence-corrected chi connectivity index (χ1v) is 14.3. The van der Waals surface area contributed by atoms with Gasteiger partial charge in [0.2, 0.25) is 0 Å². The van der Waals surface area contributed by atoms with Gasteiger partial charge in [0, 0.05) is 25.8 Å². The molecule has 3 nitrogen and oxygen atoms in total. The van der Waals surface area contributed by atoms with Gasteiger partial charge in [-0.2, -0.15) is 0 Å². The van der Waals surface area contributed by atoms with Gasteiger partial charge in [0.05, 0.1) is 16.9 Å². The molecule has 0 radical (unpaired) electrons. The summed E-state index contributed by atoms with van der Waals surface area (Å²) in [6.07, 6.45) is 1.78. The predicted octanol–water partition coefficient (Wildman–Crippen LogP) is 9.45. The summed E-state index contributed by atoms with van der Waals surface area (Å²) in [6.45, 7) is 0. The SMILES string of the molecule is O=C1C(=Cc2ccc(N3c4ccccc4Sc4ccccc43)s2)C(=O)c2c1c1ccccc1c1ccccc21. The zero-order valence-corrected chi connectivity index (χ0v) is 22.2. The maximum absolute atomic E-state index is 13.8. The van der Waals surface area contributed by atoms with E-state index in [4.69, 9.17) is 0 Å². The van der Waals surface area contributed by atoms with E-state index in [0.29, 0.717) is 11.1 Å². The highest BCUT2D eigenvalue weighted by atomic mass is 32.2. The first kappa shape index (κ1) is 22.5. The summed E-state index contributed by atoms with van der Waals surface area (Å²) in [5, 5.41) is 4.69. The summed E-state index contributed by atoms with van der Waals surface area (Å²) >= 11 is 3.35. The predicted molar refractivity (Wildman–Crippen MR) is 161 cm³/mol. The van der Waals surface area contributed by atoms with Gasteiger partial charge in [-0.1, -0.05) is 84.6 Å². The number of nitrogens with zero attached hydrogens (tertiary/aromatic N) is 1. The second-order valence-electron chi connectivity index (χ2n) is 9.61. The number of Topliss-reactive ketones (excluding diaryl/α,β-unsaturated/α-hetero) is 2. The van der Waals surface area contributed by atoms with Crippen LogP contribution in [0.4, 0.5) is 16.4 Å². The number of hydrogen-bond acceptors (Lipinski definition) is 5. The molecule has 0 bridgehead atoms. The molecule has 1 aliphatic heterocycles. The van der Waals surface area contributed by atoms with E-state index >= 15 is 0 Å².